The minimum absolute atomic E-state index is 0.153. The molecule has 100 valence electrons. The number of nitrogens with one attached hydrogen (secondary N) is 1. The first-order chi connectivity index (χ1) is 9.16. The second kappa shape index (κ2) is 6.45. The van der Waals surface area contributed by atoms with E-state index in [2.05, 4.69) is 10.3 Å². The van der Waals surface area contributed by atoms with Gasteiger partial charge in [0.1, 0.15) is 6.04 Å². The number of rotatable bonds is 5. The van der Waals surface area contributed by atoms with Crippen LogP contribution in [0.4, 0.5) is 0 Å². The molecular weight excluding hydrogens is 258 g/mol. The average Bonchev–Trinajstić information content (AvgIpc) is 2.84. The molecule has 0 unspecified atom stereocenters. The Balaban J connectivity index is 1.81. The van der Waals surface area contributed by atoms with Gasteiger partial charge < -0.3 is 11.1 Å². The van der Waals surface area contributed by atoms with Crippen molar-refractivity contribution in [2.45, 2.75) is 19.4 Å². The van der Waals surface area contributed by atoms with Crippen LogP contribution < -0.4 is 11.1 Å². The highest BCUT2D eigenvalue weighted by Gasteiger charge is 2.14. The fraction of sp³-hybridized carbons (Fsp3) is 0.286. The Labute approximate surface area is 116 Å². The molecule has 0 spiro atoms. The Kier molecular flexibility index (Phi) is 4.65. The van der Waals surface area contributed by atoms with E-state index in [-0.39, 0.29) is 5.91 Å². The van der Waals surface area contributed by atoms with E-state index in [1.165, 1.54) is 0 Å². The Bertz CT molecular complexity index is 539. The van der Waals surface area contributed by atoms with Crippen molar-refractivity contribution in [1.29, 1.82) is 0 Å². The zero-order valence-electron chi connectivity index (χ0n) is 10.8. The van der Waals surface area contributed by atoms with E-state index in [9.17, 15) is 4.79 Å². The Hall–Kier alpha value is -1.72. The quantitative estimate of drug-likeness (QED) is 0.874. The van der Waals surface area contributed by atoms with Gasteiger partial charge in [-0.15, -0.1) is 11.3 Å². The van der Waals surface area contributed by atoms with Gasteiger partial charge in [0, 0.05) is 24.0 Å². The minimum atomic E-state index is -0.612. The number of carbonyl (C=O) groups is 1. The van der Waals surface area contributed by atoms with Crippen molar-refractivity contribution < 1.29 is 4.79 Å². The van der Waals surface area contributed by atoms with Gasteiger partial charge in [0.05, 0.1) is 5.01 Å². The summed E-state index contributed by atoms with van der Waals surface area (Å²) < 4.78 is 0. The molecule has 4 nitrogen and oxygen atoms in total. The number of hydrogen-bond donors (Lipinski definition) is 2. The van der Waals surface area contributed by atoms with Gasteiger partial charge in [0.15, 0.2) is 0 Å². The molecule has 3 N–H and O–H groups in total. The fourth-order valence-corrected chi connectivity index (χ4v) is 2.51. The van der Waals surface area contributed by atoms with Gasteiger partial charge >= 0.3 is 0 Å². The van der Waals surface area contributed by atoms with Crippen LogP contribution in [0.1, 0.15) is 22.3 Å². The first-order valence-electron chi connectivity index (χ1n) is 6.16. The second-order valence-electron chi connectivity index (χ2n) is 4.31. The van der Waals surface area contributed by atoms with Gasteiger partial charge in [0.25, 0.3) is 0 Å². The first kappa shape index (κ1) is 13.7. The summed E-state index contributed by atoms with van der Waals surface area (Å²) in [6, 6.07) is 8.75. The van der Waals surface area contributed by atoms with Gasteiger partial charge in [-0.1, -0.05) is 30.3 Å². The highest BCUT2D eigenvalue weighted by atomic mass is 32.1. The maximum Gasteiger partial charge on any atom is 0.241 e. The summed E-state index contributed by atoms with van der Waals surface area (Å²) in [5.41, 5.74) is 7.74. The molecule has 2 aromatic rings. The van der Waals surface area contributed by atoms with Gasteiger partial charge in [0.2, 0.25) is 5.91 Å². The molecule has 0 radical (unpaired) electrons. The van der Waals surface area contributed by atoms with Crippen molar-refractivity contribution in [3.63, 3.8) is 0 Å². The highest BCUT2D eigenvalue weighted by molar-refractivity contribution is 7.09. The number of benzene rings is 1. The molecule has 1 aromatic carbocycles. The molecule has 0 aliphatic heterocycles. The molecule has 0 saturated carbocycles. The maximum absolute atomic E-state index is 11.9. The molecule has 5 heteroatoms. The summed E-state index contributed by atoms with van der Waals surface area (Å²) in [5, 5.41) is 5.88. The van der Waals surface area contributed by atoms with Gasteiger partial charge in [-0.3, -0.25) is 4.79 Å². The lowest BCUT2D eigenvalue weighted by Gasteiger charge is -2.11. The summed E-state index contributed by atoms with van der Waals surface area (Å²) >= 11 is 1.61. The van der Waals surface area contributed by atoms with Crippen LogP contribution in [-0.4, -0.2) is 17.4 Å². The number of nitrogens with zero attached hydrogens (tertiary/aromatic N) is 1. The smallest absolute Gasteiger partial charge is 0.241 e. The zero-order valence-corrected chi connectivity index (χ0v) is 11.6. The molecule has 2 rings (SSSR count). The van der Waals surface area contributed by atoms with Crippen LogP contribution in [0, 0.1) is 6.92 Å². The van der Waals surface area contributed by atoms with E-state index < -0.39 is 6.04 Å². The Morgan fingerprint density at radius 3 is 2.79 bits per heavy atom. The lowest BCUT2D eigenvalue weighted by Crippen LogP contribution is -2.35. The molecule has 1 atom stereocenters. The van der Waals surface area contributed by atoms with E-state index >= 15 is 0 Å². The third-order valence-electron chi connectivity index (χ3n) is 2.75. The van der Waals surface area contributed by atoms with E-state index in [1.807, 2.05) is 42.6 Å². The van der Waals surface area contributed by atoms with Crippen LogP contribution in [0.25, 0.3) is 0 Å². The van der Waals surface area contributed by atoms with Crippen LogP contribution in [0.5, 0.6) is 0 Å². The SMILES string of the molecule is Cc1csc(CCNC(=O)[C@H](N)c2ccccc2)n1. The third-order valence-corrected chi connectivity index (χ3v) is 3.77. The van der Waals surface area contributed by atoms with Crippen molar-refractivity contribution in [3.05, 3.63) is 52.0 Å². The van der Waals surface area contributed by atoms with Crippen molar-refractivity contribution in [1.82, 2.24) is 10.3 Å². The molecule has 0 aliphatic rings. The van der Waals surface area contributed by atoms with Crippen molar-refractivity contribution in [2.75, 3.05) is 6.54 Å². The van der Waals surface area contributed by atoms with Crippen LogP contribution in [0.15, 0.2) is 35.7 Å². The first-order valence-corrected chi connectivity index (χ1v) is 7.04. The summed E-state index contributed by atoms with van der Waals surface area (Å²) in [4.78, 5) is 16.2. The molecule has 0 bridgehead atoms. The number of carbonyl (C=O) groups excluding carboxylic acids is 1. The van der Waals surface area contributed by atoms with Gasteiger partial charge in [-0.25, -0.2) is 4.98 Å². The fourth-order valence-electron chi connectivity index (χ4n) is 1.73. The number of aromatic nitrogens is 1. The zero-order chi connectivity index (χ0) is 13.7. The standard InChI is InChI=1S/C14H17N3OS/c1-10-9-19-12(17-10)7-8-16-14(18)13(15)11-5-3-2-4-6-11/h2-6,9,13H,7-8,15H2,1H3,(H,16,18)/t13-/m1/s1. The third kappa shape index (κ3) is 3.87. The van der Waals surface area contributed by atoms with E-state index in [0.29, 0.717) is 6.54 Å². The Morgan fingerprint density at radius 1 is 1.42 bits per heavy atom. The van der Waals surface area contributed by atoms with E-state index in [1.54, 1.807) is 11.3 Å². The van der Waals surface area contributed by atoms with Crippen LogP contribution in [0.2, 0.25) is 0 Å². The van der Waals surface area contributed by atoms with Crippen molar-refractivity contribution in [2.24, 2.45) is 5.73 Å². The monoisotopic (exact) mass is 275 g/mol. The van der Waals surface area contributed by atoms with Crippen LogP contribution in [0.3, 0.4) is 0 Å². The molecule has 0 saturated heterocycles. The summed E-state index contributed by atoms with van der Waals surface area (Å²) in [6.07, 6.45) is 0.742. The van der Waals surface area contributed by atoms with Crippen molar-refractivity contribution in [3.8, 4) is 0 Å². The molecule has 1 aromatic heterocycles. The van der Waals surface area contributed by atoms with Gasteiger partial charge in [-0.05, 0) is 12.5 Å². The number of thiazole rings is 1. The largest absolute Gasteiger partial charge is 0.354 e. The molecule has 19 heavy (non-hydrogen) atoms. The van der Waals surface area contributed by atoms with E-state index in [4.69, 9.17) is 5.73 Å². The molecular formula is C14H17N3OS. The minimum Gasteiger partial charge on any atom is -0.354 e. The van der Waals surface area contributed by atoms with Crippen molar-refractivity contribution >= 4 is 17.2 Å². The number of aryl methyl sites for hydroxylation is 1. The van der Waals surface area contributed by atoms with Gasteiger partial charge in [-0.2, -0.15) is 0 Å². The molecule has 1 heterocycles. The summed E-state index contributed by atoms with van der Waals surface area (Å²) in [7, 11) is 0. The van der Waals surface area contributed by atoms with E-state index in [0.717, 1.165) is 22.7 Å². The lowest BCUT2D eigenvalue weighted by molar-refractivity contribution is -0.122. The number of hydrogen-bond acceptors (Lipinski definition) is 4. The second-order valence-corrected chi connectivity index (χ2v) is 5.25. The van der Waals surface area contributed by atoms with Crippen LogP contribution >= 0.6 is 11.3 Å². The molecule has 0 fully saturated rings. The lowest BCUT2D eigenvalue weighted by atomic mass is 10.1. The van der Waals surface area contributed by atoms with Crippen LogP contribution in [-0.2, 0) is 11.2 Å². The normalized spacial score (nSPS) is 12.1. The topological polar surface area (TPSA) is 68.0 Å². The predicted molar refractivity (Wildman–Crippen MR) is 76.9 cm³/mol. The highest BCUT2D eigenvalue weighted by Crippen LogP contribution is 2.10. The summed E-state index contributed by atoms with van der Waals surface area (Å²) in [5.74, 6) is -0.153. The molecule has 1 amide bonds. The number of amides is 1. The number of nitrogens with two attached hydrogens (primary N) is 1. The Morgan fingerprint density at radius 2 is 2.16 bits per heavy atom. The molecule has 0 aliphatic carbocycles. The summed E-state index contributed by atoms with van der Waals surface area (Å²) in [6.45, 7) is 2.52. The predicted octanol–water partition coefficient (Wildman–Crippen LogP) is 1.81. The average molecular weight is 275 g/mol. The maximum atomic E-state index is 11.9.